The second-order valence-electron chi connectivity index (χ2n) is 4.05. The van der Waals surface area contributed by atoms with Crippen molar-refractivity contribution in [1.29, 1.82) is 5.26 Å². The minimum Gasteiger partial charge on any atom is -0.253 e. The number of rotatable bonds is 2. The van der Waals surface area contributed by atoms with Gasteiger partial charge in [0.25, 0.3) is 0 Å². The van der Waals surface area contributed by atoms with Crippen LogP contribution in [-0.4, -0.2) is 9.97 Å². The second kappa shape index (κ2) is 5.09. The van der Waals surface area contributed by atoms with Gasteiger partial charge in [-0.3, -0.25) is 9.97 Å². The fraction of sp³-hybridized carbons (Fsp3) is 0.154. The first-order valence-electron chi connectivity index (χ1n) is 5.53. The van der Waals surface area contributed by atoms with Gasteiger partial charge in [0.1, 0.15) is 17.5 Å². The molecule has 108 valence electrons. The minimum atomic E-state index is -4.69. The topological polar surface area (TPSA) is 49.6 Å². The summed E-state index contributed by atoms with van der Waals surface area (Å²) < 4.78 is 65.2. The number of nitrogens with zero attached hydrogens (tertiary/aromatic N) is 3. The van der Waals surface area contributed by atoms with E-state index in [1.54, 1.807) is 6.07 Å². The fourth-order valence-electron chi connectivity index (χ4n) is 1.54. The summed E-state index contributed by atoms with van der Waals surface area (Å²) in [5.74, 6) is -3.61. The van der Waals surface area contributed by atoms with Crippen molar-refractivity contribution in [1.82, 2.24) is 9.97 Å². The van der Waals surface area contributed by atoms with E-state index in [2.05, 4.69) is 9.97 Å². The Bertz CT molecular complexity index is 669. The number of halogens is 5. The Hall–Kier alpha value is -2.56. The van der Waals surface area contributed by atoms with Crippen molar-refractivity contribution in [2.75, 3.05) is 0 Å². The van der Waals surface area contributed by atoms with E-state index in [4.69, 9.17) is 5.26 Å². The average Bonchev–Trinajstić information content (AvgIpc) is 2.46. The van der Waals surface area contributed by atoms with Crippen LogP contribution in [0.2, 0.25) is 0 Å². The van der Waals surface area contributed by atoms with Crippen LogP contribution in [-0.2, 0) is 12.1 Å². The summed E-state index contributed by atoms with van der Waals surface area (Å²) in [5.41, 5.74) is -2.55. The van der Waals surface area contributed by atoms with Crippen molar-refractivity contribution >= 4 is 0 Å². The van der Waals surface area contributed by atoms with Crippen LogP contribution in [0.15, 0.2) is 36.7 Å². The van der Waals surface area contributed by atoms with E-state index in [1.165, 1.54) is 0 Å². The first-order valence-corrected chi connectivity index (χ1v) is 5.53. The van der Waals surface area contributed by atoms with Crippen molar-refractivity contribution in [2.24, 2.45) is 0 Å². The van der Waals surface area contributed by atoms with E-state index >= 15 is 0 Å². The molecule has 0 radical (unpaired) electrons. The normalized spacial score (nSPS) is 12.0. The highest BCUT2D eigenvalue weighted by atomic mass is 19.4. The number of hydrogen-bond donors (Lipinski definition) is 0. The molecule has 21 heavy (non-hydrogen) atoms. The van der Waals surface area contributed by atoms with Crippen molar-refractivity contribution in [3.05, 3.63) is 59.2 Å². The van der Waals surface area contributed by atoms with Crippen LogP contribution in [0.5, 0.6) is 0 Å². The quantitative estimate of drug-likeness (QED) is 0.797. The number of nitriles is 1. The van der Waals surface area contributed by atoms with E-state index < -0.39 is 29.1 Å². The number of pyridine rings is 2. The lowest BCUT2D eigenvalue weighted by Crippen LogP contribution is -2.18. The summed E-state index contributed by atoms with van der Waals surface area (Å²) in [5, 5.41) is 8.56. The van der Waals surface area contributed by atoms with E-state index in [9.17, 15) is 22.0 Å². The molecule has 0 aliphatic heterocycles. The largest absolute Gasteiger partial charge is 0.433 e. The van der Waals surface area contributed by atoms with Gasteiger partial charge in [-0.25, -0.2) is 0 Å². The SMILES string of the molecule is N#Cc1ccc(C(F)(F)c2ccc(C(F)(F)F)nc2)nc1. The highest BCUT2D eigenvalue weighted by Gasteiger charge is 2.38. The highest BCUT2D eigenvalue weighted by molar-refractivity contribution is 5.32. The molecule has 2 rings (SSSR count). The third-order valence-electron chi connectivity index (χ3n) is 2.63. The third-order valence-corrected chi connectivity index (χ3v) is 2.63. The van der Waals surface area contributed by atoms with Crippen molar-refractivity contribution in [2.45, 2.75) is 12.1 Å². The van der Waals surface area contributed by atoms with Crippen molar-refractivity contribution in [3.8, 4) is 6.07 Å². The number of hydrogen-bond acceptors (Lipinski definition) is 3. The van der Waals surface area contributed by atoms with Gasteiger partial charge in [-0.05, 0) is 24.3 Å². The molecule has 0 N–H and O–H groups in total. The second-order valence-corrected chi connectivity index (χ2v) is 4.05. The molecule has 0 atom stereocenters. The predicted octanol–water partition coefficient (Wildman–Crippen LogP) is 3.51. The Labute approximate surface area is 115 Å². The minimum absolute atomic E-state index is 0.0973. The Kier molecular flexibility index (Phi) is 3.60. The molecular formula is C13H6F5N3. The molecule has 2 heterocycles. The molecule has 0 amide bonds. The van der Waals surface area contributed by atoms with E-state index in [0.29, 0.717) is 18.3 Å². The number of aromatic nitrogens is 2. The zero-order valence-corrected chi connectivity index (χ0v) is 10.2. The molecule has 0 fully saturated rings. The summed E-state index contributed by atoms with van der Waals surface area (Å²) in [6, 6.07) is 4.94. The molecule has 0 saturated carbocycles. The molecule has 8 heteroatoms. The van der Waals surface area contributed by atoms with Crippen LogP contribution in [0.3, 0.4) is 0 Å². The molecule has 0 spiro atoms. The summed E-state index contributed by atoms with van der Waals surface area (Å²) in [6.45, 7) is 0. The van der Waals surface area contributed by atoms with Gasteiger partial charge in [0.2, 0.25) is 0 Å². The van der Waals surface area contributed by atoms with Gasteiger partial charge in [0, 0.05) is 18.0 Å². The zero-order chi connectivity index (χ0) is 15.7. The van der Waals surface area contributed by atoms with Gasteiger partial charge >= 0.3 is 12.1 Å². The molecule has 0 bridgehead atoms. The molecule has 0 unspecified atom stereocenters. The van der Waals surface area contributed by atoms with Gasteiger partial charge in [-0.1, -0.05) is 0 Å². The van der Waals surface area contributed by atoms with Gasteiger partial charge in [0.15, 0.2) is 0 Å². The lowest BCUT2D eigenvalue weighted by atomic mass is 10.1. The van der Waals surface area contributed by atoms with Crippen molar-refractivity contribution < 1.29 is 22.0 Å². The van der Waals surface area contributed by atoms with Gasteiger partial charge in [0.05, 0.1) is 5.56 Å². The van der Waals surface area contributed by atoms with E-state index in [0.717, 1.165) is 18.3 Å². The molecule has 0 aromatic carbocycles. The van der Waals surface area contributed by atoms with Crippen LogP contribution >= 0.6 is 0 Å². The smallest absolute Gasteiger partial charge is 0.253 e. The van der Waals surface area contributed by atoms with Gasteiger partial charge in [-0.2, -0.15) is 27.2 Å². The van der Waals surface area contributed by atoms with Crippen molar-refractivity contribution in [3.63, 3.8) is 0 Å². The molecule has 3 nitrogen and oxygen atoms in total. The van der Waals surface area contributed by atoms with Gasteiger partial charge < -0.3 is 0 Å². The fourth-order valence-corrected chi connectivity index (χ4v) is 1.54. The van der Waals surface area contributed by atoms with Crippen LogP contribution in [0.1, 0.15) is 22.5 Å². The maximum Gasteiger partial charge on any atom is 0.433 e. The van der Waals surface area contributed by atoms with E-state index in [1.807, 2.05) is 0 Å². The maximum atomic E-state index is 14.1. The Morgan fingerprint density at radius 1 is 0.857 bits per heavy atom. The maximum absolute atomic E-state index is 14.1. The molecule has 0 saturated heterocycles. The zero-order valence-electron chi connectivity index (χ0n) is 10.2. The first kappa shape index (κ1) is 14.8. The number of alkyl halides is 5. The van der Waals surface area contributed by atoms with Crippen LogP contribution in [0.25, 0.3) is 0 Å². The van der Waals surface area contributed by atoms with Gasteiger partial charge in [-0.15, -0.1) is 0 Å². The summed E-state index contributed by atoms with van der Waals surface area (Å²) >= 11 is 0. The van der Waals surface area contributed by atoms with Crippen LogP contribution in [0, 0.1) is 11.3 Å². The van der Waals surface area contributed by atoms with E-state index in [-0.39, 0.29) is 5.56 Å². The molecule has 2 aromatic heterocycles. The monoisotopic (exact) mass is 299 g/mol. The summed E-state index contributed by atoms with van der Waals surface area (Å²) in [6.07, 6.45) is -3.27. The lowest BCUT2D eigenvalue weighted by molar-refractivity contribution is -0.141. The Morgan fingerprint density at radius 3 is 1.90 bits per heavy atom. The molecule has 2 aromatic rings. The highest BCUT2D eigenvalue weighted by Crippen LogP contribution is 2.35. The lowest BCUT2D eigenvalue weighted by Gasteiger charge is -2.16. The predicted molar refractivity (Wildman–Crippen MR) is 61.2 cm³/mol. The summed E-state index contributed by atoms with van der Waals surface area (Å²) in [4.78, 5) is 6.44. The first-order chi connectivity index (χ1) is 9.75. The molecule has 0 aliphatic carbocycles. The third kappa shape index (κ3) is 2.97. The average molecular weight is 299 g/mol. The molecule has 0 aliphatic rings. The molecular weight excluding hydrogens is 293 g/mol. The Balaban J connectivity index is 2.36. The van der Waals surface area contributed by atoms with Crippen LogP contribution < -0.4 is 0 Å². The Morgan fingerprint density at radius 2 is 1.48 bits per heavy atom. The standard InChI is InChI=1S/C13H6F5N3/c14-12(15,10-3-1-8(5-19)6-20-10)9-2-4-11(21-7-9)13(16,17)18/h1-4,6-7H. The summed E-state index contributed by atoms with van der Waals surface area (Å²) in [7, 11) is 0. The van der Waals surface area contributed by atoms with Crippen LogP contribution in [0.4, 0.5) is 22.0 Å².